The first-order chi connectivity index (χ1) is 25.6. The predicted octanol–water partition coefficient (Wildman–Crippen LogP) is 6.32. The van der Waals surface area contributed by atoms with E-state index in [1.165, 1.54) is 24.3 Å². The summed E-state index contributed by atoms with van der Waals surface area (Å²) in [4.78, 5) is 71.7. The van der Waals surface area contributed by atoms with Gasteiger partial charge in [0.1, 0.15) is 5.75 Å². The number of imide groups is 2. The smallest absolute Gasteiger partial charge is 0.335 e. The molecule has 0 bridgehead atoms. The second kappa shape index (κ2) is 12.7. The van der Waals surface area contributed by atoms with Crippen molar-refractivity contribution >= 4 is 41.0 Å². The molecule has 0 unspecified atom stereocenters. The molecule has 8 rings (SSSR count). The fraction of sp³-hybridized carbons (Fsp3) is 0.233. The summed E-state index contributed by atoms with van der Waals surface area (Å²) in [5.74, 6) is -7.28. The van der Waals surface area contributed by atoms with Gasteiger partial charge < -0.3 is 10.2 Å². The molecule has 6 atom stereocenters. The normalized spacial score (nSPS) is 26.1. The monoisotopic (exact) mass is 707 g/mol. The van der Waals surface area contributed by atoms with E-state index in [2.05, 4.69) is 12.0 Å². The number of carbonyl (C=O) groups is 5. The van der Waals surface area contributed by atoms with Crippen molar-refractivity contribution in [3.05, 3.63) is 149 Å². The molecule has 3 N–H and O–H groups in total. The number of hydrogen-bond donors (Lipinski definition) is 3. The molecule has 0 aromatic heterocycles. The summed E-state index contributed by atoms with van der Waals surface area (Å²) in [7, 11) is 0. The van der Waals surface area contributed by atoms with Gasteiger partial charge >= 0.3 is 5.97 Å². The topological polar surface area (TPSA) is 144 Å². The number of phenolic OH excluding ortho intramolecular Hbond substituents is 1. The average molecular weight is 708 g/mol. The molecule has 2 aliphatic carbocycles. The van der Waals surface area contributed by atoms with Crippen LogP contribution in [-0.2, 0) is 31.0 Å². The number of allylic oxidation sites excluding steroid dienone is 3. The zero-order valence-electron chi connectivity index (χ0n) is 28.9. The first kappa shape index (κ1) is 33.8. The van der Waals surface area contributed by atoms with Crippen molar-refractivity contribution in [1.82, 2.24) is 5.01 Å². The van der Waals surface area contributed by atoms with Gasteiger partial charge in [0.05, 0.1) is 40.1 Å². The van der Waals surface area contributed by atoms with Gasteiger partial charge in [-0.1, -0.05) is 90.0 Å². The van der Waals surface area contributed by atoms with E-state index in [9.17, 15) is 29.4 Å². The van der Waals surface area contributed by atoms with Crippen LogP contribution in [0.25, 0.3) is 0 Å². The van der Waals surface area contributed by atoms with Gasteiger partial charge in [-0.15, -0.1) is 6.58 Å². The average Bonchev–Trinajstić information content (AvgIpc) is 3.54. The Hall–Kier alpha value is -6.29. The lowest BCUT2D eigenvalue weighted by molar-refractivity contribution is -0.138. The molecule has 0 spiro atoms. The second-order valence-electron chi connectivity index (χ2n) is 14.3. The van der Waals surface area contributed by atoms with E-state index in [4.69, 9.17) is 0 Å². The molecule has 2 heterocycles. The van der Waals surface area contributed by atoms with Gasteiger partial charge in [-0.25, -0.2) is 4.79 Å². The summed E-state index contributed by atoms with van der Waals surface area (Å²) in [6.07, 6.45) is 4.23. The lowest BCUT2D eigenvalue weighted by atomic mass is 9.49. The number of para-hydroxylation sites is 1. The number of carboxylic acid groups (broad SMARTS) is 1. The van der Waals surface area contributed by atoms with Crippen molar-refractivity contribution in [3.63, 3.8) is 0 Å². The summed E-state index contributed by atoms with van der Waals surface area (Å²) < 4.78 is 0. The fourth-order valence-corrected chi connectivity index (χ4v) is 9.29. The van der Waals surface area contributed by atoms with Crippen molar-refractivity contribution in [2.75, 3.05) is 10.3 Å². The van der Waals surface area contributed by atoms with Crippen LogP contribution in [0.3, 0.4) is 0 Å². The molecule has 4 amide bonds. The fourth-order valence-electron chi connectivity index (χ4n) is 9.29. The Bertz CT molecular complexity index is 2250. The van der Waals surface area contributed by atoms with Crippen LogP contribution in [0.2, 0.25) is 0 Å². The number of carbonyl (C=O) groups excluding carboxylic acids is 4. The molecule has 0 radical (unpaired) electrons. The van der Waals surface area contributed by atoms with Gasteiger partial charge in [-0.05, 0) is 73.6 Å². The highest BCUT2D eigenvalue weighted by molar-refractivity contribution is 6.23. The highest BCUT2D eigenvalue weighted by Gasteiger charge is 2.70. The van der Waals surface area contributed by atoms with Crippen LogP contribution in [0.15, 0.2) is 121 Å². The molecule has 10 nitrogen and oxygen atoms in total. The number of aryl methyl sites for hydroxylation is 1. The highest BCUT2D eigenvalue weighted by Crippen LogP contribution is 2.65. The maximum absolute atomic E-state index is 15.3. The lowest BCUT2D eigenvalue weighted by Crippen LogP contribution is -2.53. The number of benzene rings is 4. The summed E-state index contributed by atoms with van der Waals surface area (Å²) in [5, 5.41) is 22.7. The molecule has 4 aromatic rings. The van der Waals surface area contributed by atoms with Crippen molar-refractivity contribution < 1.29 is 34.2 Å². The molecule has 266 valence electrons. The van der Waals surface area contributed by atoms with Crippen molar-refractivity contribution in [2.45, 2.75) is 37.5 Å². The SMILES string of the molecule is C=CCc1cccc([C@H]2C3=CC[C@@H]4C(=O)N(c5cccc(C(=O)O)c5)C(=O)[C@@H]4[C@@H]3C[C@H]3C(=O)N(Nc4ccc(C)cc4)C(=O)[C@@]23c2ccccc2)c1O. The number of aromatic carboxylic acids is 1. The van der Waals surface area contributed by atoms with Crippen molar-refractivity contribution in [3.8, 4) is 5.75 Å². The van der Waals surface area contributed by atoms with Gasteiger partial charge in [-0.3, -0.25) is 29.5 Å². The molecule has 1 saturated carbocycles. The first-order valence-electron chi connectivity index (χ1n) is 17.7. The lowest BCUT2D eigenvalue weighted by Gasteiger charge is -2.50. The molecule has 4 aromatic carbocycles. The number of nitrogens with zero attached hydrogens (tertiary/aromatic N) is 2. The predicted molar refractivity (Wildman–Crippen MR) is 197 cm³/mol. The van der Waals surface area contributed by atoms with Gasteiger partial charge in [0.15, 0.2) is 0 Å². The molecule has 10 heteroatoms. The Morgan fingerprint density at radius 2 is 1.64 bits per heavy atom. The molecule has 3 fully saturated rings. The Balaban J connectivity index is 1.33. The first-order valence-corrected chi connectivity index (χ1v) is 17.7. The minimum absolute atomic E-state index is 0.0266. The third kappa shape index (κ3) is 5.03. The molecule has 2 aliphatic heterocycles. The van der Waals surface area contributed by atoms with Crippen LogP contribution in [0, 0.1) is 30.6 Å². The Morgan fingerprint density at radius 3 is 2.36 bits per heavy atom. The second-order valence-corrected chi connectivity index (χ2v) is 14.3. The Kier molecular flexibility index (Phi) is 8.13. The number of phenols is 1. The van der Waals surface area contributed by atoms with E-state index in [0.717, 1.165) is 15.5 Å². The van der Waals surface area contributed by atoms with E-state index >= 15 is 4.79 Å². The standard InChI is InChI=1S/C43H37N3O7/c1-3-9-25-10-8-15-32(37(25)47)36-30-20-21-31-35(40(50)45(38(31)48)29-14-7-11-26(22-29)41(51)52)33(30)23-34-39(49)46(44-28-18-16-24(2)17-19-28)42(53)43(34,36)27-12-5-4-6-13-27/h3-8,10-20,22,31,33-36,44,47H,1,9,21,23H2,2H3,(H,51,52)/t31-,33+,34-,35-,36+,43+/m0/s1. The number of nitrogens with one attached hydrogen (secondary N) is 1. The van der Waals surface area contributed by atoms with E-state index in [1.54, 1.807) is 30.3 Å². The third-order valence-corrected chi connectivity index (χ3v) is 11.6. The number of amides is 4. The van der Waals surface area contributed by atoms with Crippen LogP contribution in [0.4, 0.5) is 11.4 Å². The van der Waals surface area contributed by atoms with Crippen molar-refractivity contribution in [2.24, 2.45) is 23.7 Å². The zero-order chi connectivity index (χ0) is 37.2. The Morgan fingerprint density at radius 1 is 0.906 bits per heavy atom. The molecule has 53 heavy (non-hydrogen) atoms. The van der Waals surface area contributed by atoms with Crippen molar-refractivity contribution in [1.29, 1.82) is 0 Å². The summed E-state index contributed by atoms with van der Waals surface area (Å²) in [5.41, 5.74) is 5.54. The van der Waals surface area contributed by atoms with Gasteiger partial charge in [-0.2, -0.15) is 5.01 Å². The van der Waals surface area contributed by atoms with Crippen LogP contribution in [0.5, 0.6) is 5.75 Å². The molecular weight excluding hydrogens is 670 g/mol. The minimum atomic E-state index is -1.53. The third-order valence-electron chi connectivity index (χ3n) is 11.6. The number of carboxylic acids is 1. The summed E-state index contributed by atoms with van der Waals surface area (Å²) in [6.45, 7) is 5.79. The van der Waals surface area contributed by atoms with Crippen LogP contribution in [0.1, 0.15) is 51.4 Å². The summed E-state index contributed by atoms with van der Waals surface area (Å²) in [6, 6.07) is 27.6. The van der Waals surface area contributed by atoms with Crippen LogP contribution in [-0.4, -0.2) is 44.8 Å². The van der Waals surface area contributed by atoms with Gasteiger partial charge in [0.25, 0.3) is 11.8 Å². The summed E-state index contributed by atoms with van der Waals surface area (Å²) >= 11 is 0. The zero-order valence-corrected chi connectivity index (χ0v) is 28.9. The number of fused-ring (bicyclic) bond motifs is 4. The van der Waals surface area contributed by atoms with Gasteiger partial charge in [0.2, 0.25) is 11.8 Å². The van der Waals surface area contributed by atoms with E-state index in [1.807, 2.05) is 61.5 Å². The Labute approximate surface area is 306 Å². The molecule has 2 saturated heterocycles. The quantitative estimate of drug-likeness (QED) is 0.143. The van der Waals surface area contributed by atoms with E-state index < -0.39 is 64.6 Å². The van der Waals surface area contributed by atoms with E-state index in [-0.39, 0.29) is 29.8 Å². The number of aromatic hydroxyl groups is 1. The van der Waals surface area contributed by atoms with Gasteiger partial charge in [0, 0.05) is 11.5 Å². The number of anilines is 2. The van der Waals surface area contributed by atoms with Crippen LogP contribution >= 0.6 is 0 Å². The number of hydrazine groups is 1. The minimum Gasteiger partial charge on any atom is -0.507 e. The maximum atomic E-state index is 15.3. The maximum Gasteiger partial charge on any atom is 0.335 e. The van der Waals surface area contributed by atoms with E-state index in [0.29, 0.717) is 34.4 Å². The molecule has 4 aliphatic rings. The molecular formula is C43H37N3O7. The number of hydrogen-bond acceptors (Lipinski definition) is 7. The number of rotatable bonds is 8. The largest absolute Gasteiger partial charge is 0.507 e. The van der Waals surface area contributed by atoms with Crippen LogP contribution < -0.4 is 10.3 Å². The highest BCUT2D eigenvalue weighted by atomic mass is 16.4.